The number of hydrogen-bond donors (Lipinski definition) is 2. The molecule has 0 unspecified atom stereocenters. The first-order valence-corrected chi connectivity index (χ1v) is 5.78. The molecule has 2 rings (SSSR count). The van der Waals surface area contributed by atoms with Gasteiger partial charge in [-0.05, 0) is 19.8 Å². The Kier molecular flexibility index (Phi) is 3.98. The number of amides is 2. The number of aryl methyl sites for hydroxylation is 1. The van der Waals surface area contributed by atoms with Crippen LogP contribution in [0.25, 0.3) is 0 Å². The molecule has 17 heavy (non-hydrogen) atoms. The maximum atomic E-state index is 11.5. The molecule has 1 atom stereocenters. The molecular weight excluding hydrogens is 222 g/mol. The Morgan fingerprint density at radius 2 is 2.47 bits per heavy atom. The highest BCUT2D eigenvalue weighted by molar-refractivity contribution is 5.73. The smallest absolute Gasteiger partial charge is 0.315 e. The summed E-state index contributed by atoms with van der Waals surface area (Å²) in [7, 11) is 0. The lowest BCUT2D eigenvalue weighted by atomic mass is 10.2. The summed E-state index contributed by atoms with van der Waals surface area (Å²) in [5.74, 6) is 0.726. The molecule has 2 amide bonds. The van der Waals surface area contributed by atoms with Gasteiger partial charge in [0.2, 0.25) is 0 Å². The number of carbonyl (C=O) groups is 1. The highest BCUT2D eigenvalue weighted by atomic mass is 16.5. The second kappa shape index (κ2) is 5.67. The molecule has 0 aliphatic carbocycles. The van der Waals surface area contributed by atoms with Crippen LogP contribution in [0.1, 0.15) is 24.3 Å². The Morgan fingerprint density at radius 3 is 3.12 bits per heavy atom. The zero-order chi connectivity index (χ0) is 12.1. The fourth-order valence-corrected chi connectivity index (χ4v) is 1.74. The second-order valence-corrected chi connectivity index (χ2v) is 4.05. The van der Waals surface area contributed by atoms with Crippen LogP contribution in [0.5, 0.6) is 0 Å². The normalized spacial score (nSPS) is 19.2. The molecule has 0 bridgehead atoms. The topological polar surface area (TPSA) is 76.4 Å². The van der Waals surface area contributed by atoms with Gasteiger partial charge in [-0.3, -0.25) is 0 Å². The van der Waals surface area contributed by atoms with Gasteiger partial charge in [0.15, 0.2) is 6.39 Å². The average molecular weight is 239 g/mol. The maximum absolute atomic E-state index is 11.5. The van der Waals surface area contributed by atoms with E-state index in [1.165, 1.54) is 6.39 Å². The van der Waals surface area contributed by atoms with E-state index in [1.54, 1.807) is 0 Å². The zero-order valence-electron chi connectivity index (χ0n) is 9.86. The molecule has 6 nitrogen and oxygen atoms in total. The van der Waals surface area contributed by atoms with Crippen molar-refractivity contribution in [1.29, 1.82) is 0 Å². The van der Waals surface area contributed by atoms with Crippen molar-refractivity contribution in [1.82, 2.24) is 15.6 Å². The standard InChI is InChI=1S/C11H17N3O3/c1-8-10(14-7-17-8)6-13-11(15)12-5-9-3-2-4-16-9/h7,9H,2-6H2,1H3,(H2,12,13,15)/t9-/m1/s1. The Balaban J connectivity index is 1.65. The van der Waals surface area contributed by atoms with E-state index in [9.17, 15) is 4.79 Å². The number of oxazole rings is 1. The van der Waals surface area contributed by atoms with E-state index < -0.39 is 0 Å². The van der Waals surface area contributed by atoms with Crippen LogP contribution in [0.3, 0.4) is 0 Å². The molecule has 1 saturated heterocycles. The summed E-state index contributed by atoms with van der Waals surface area (Å²) in [6, 6.07) is -0.206. The number of rotatable bonds is 4. The second-order valence-electron chi connectivity index (χ2n) is 4.05. The van der Waals surface area contributed by atoms with Crippen molar-refractivity contribution in [2.45, 2.75) is 32.4 Å². The van der Waals surface area contributed by atoms with Crippen LogP contribution in [0, 0.1) is 6.92 Å². The number of hydrogen-bond acceptors (Lipinski definition) is 4. The molecule has 0 spiro atoms. The first-order valence-electron chi connectivity index (χ1n) is 5.78. The maximum Gasteiger partial charge on any atom is 0.315 e. The number of urea groups is 1. The molecule has 0 saturated carbocycles. The Labute approximate surface area is 99.7 Å². The summed E-state index contributed by atoms with van der Waals surface area (Å²) in [6.07, 6.45) is 3.63. The molecular formula is C11H17N3O3. The fourth-order valence-electron chi connectivity index (χ4n) is 1.74. The predicted octanol–water partition coefficient (Wildman–Crippen LogP) is 0.961. The third-order valence-electron chi connectivity index (χ3n) is 2.78. The Morgan fingerprint density at radius 1 is 1.59 bits per heavy atom. The van der Waals surface area contributed by atoms with Gasteiger partial charge in [0, 0.05) is 13.2 Å². The van der Waals surface area contributed by atoms with Gasteiger partial charge in [0.25, 0.3) is 0 Å². The molecule has 2 N–H and O–H groups in total. The molecule has 1 aromatic rings. The van der Waals surface area contributed by atoms with Crippen molar-refractivity contribution >= 4 is 6.03 Å². The molecule has 94 valence electrons. The summed E-state index contributed by atoms with van der Waals surface area (Å²) in [6.45, 7) is 3.55. The van der Waals surface area contributed by atoms with E-state index in [0.717, 1.165) is 30.9 Å². The molecule has 2 heterocycles. The van der Waals surface area contributed by atoms with Crippen molar-refractivity contribution in [2.24, 2.45) is 0 Å². The van der Waals surface area contributed by atoms with E-state index in [-0.39, 0.29) is 12.1 Å². The van der Waals surface area contributed by atoms with E-state index in [1.807, 2.05) is 6.92 Å². The van der Waals surface area contributed by atoms with Gasteiger partial charge in [0.1, 0.15) is 11.5 Å². The van der Waals surface area contributed by atoms with Crippen LogP contribution in [0.4, 0.5) is 4.79 Å². The first kappa shape index (κ1) is 11.9. The third-order valence-corrected chi connectivity index (χ3v) is 2.78. The van der Waals surface area contributed by atoms with Gasteiger partial charge in [-0.1, -0.05) is 0 Å². The Bertz CT molecular complexity index is 372. The van der Waals surface area contributed by atoms with Crippen LogP contribution in [-0.2, 0) is 11.3 Å². The number of ether oxygens (including phenoxy) is 1. The van der Waals surface area contributed by atoms with Crippen LogP contribution in [0.2, 0.25) is 0 Å². The predicted molar refractivity (Wildman–Crippen MR) is 60.5 cm³/mol. The monoisotopic (exact) mass is 239 g/mol. The molecule has 0 aromatic carbocycles. The van der Waals surface area contributed by atoms with Crippen LogP contribution >= 0.6 is 0 Å². The lowest BCUT2D eigenvalue weighted by Crippen LogP contribution is -2.39. The first-order chi connectivity index (χ1) is 8.25. The summed E-state index contributed by atoms with van der Waals surface area (Å²) in [4.78, 5) is 15.5. The summed E-state index contributed by atoms with van der Waals surface area (Å²) in [5.41, 5.74) is 0.747. The van der Waals surface area contributed by atoms with Crippen LogP contribution in [-0.4, -0.2) is 30.3 Å². The lowest BCUT2D eigenvalue weighted by Gasteiger charge is -2.11. The van der Waals surface area contributed by atoms with Crippen LogP contribution in [0.15, 0.2) is 10.8 Å². The van der Waals surface area contributed by atoms with E-state index in [2.05, 4.69) is 15.6 Å². The van der Waals surface area contributed by atoms with Crippen molar-refractivity contribution < 1.29 is 13.9 Å². The summed E-state index contributed by atoms with van der Waals surface area (Å²) in [5, 5.41) is 5.49. The fraction of sp³-hybridized carbons (Fsp3) is 0.636. The highest BCUT2D eigenvalue weighted by Gasteiger charge is 2.16. The van der Waals surface area contributed by atoms with Gasteiger partial charge in [-0.15, -0.1) is 0 Å². The third kappa shape index (κ3) is 3.45. The van der Waals surface area contributed by atoms with Gasteiger partial charge in [-0.2, -0.15) is 0 Å². The van der Waals surface area contributed by atoms with Crippen molar-refractivity contribution in [3.05, 3.63) is 17.8 Å². The van der Waals surface area contributed by atoms with Crippen LogP contribution < -0.4 is 10.6 Å². The lowest BCUT2D eigenvalue weighted by molar-refractivity contribution is 0.111. The van der Waals surface area contributed by atoms with Gasteiger partial charge < -0.3 is 19.8 Å². The molecule has 1 fully saturated rings. The van der Waals surface area contributed by atoms with Gasteiger partial charge in [0.05, 0.1) is 12.6 Å². The molecule has 0 radical (unpaired) electrons. The minimum Gasteiger partial charge on any atom is -0.448 e. The molecule has 1 aliphatic rings. The number of nitrogens with one attached hydrogen (secondary N) is 2. The van der Waals surface area contributed by atoms with Crippen molar-refractivity contribution in [2.75, 3.05) is 13.2 Å². The Hall–Kier alpha value is -1.56. The minimum atomic E-state index is -0.206. The summed E-state index contributed by atoms with van der Waals surface area (Å²) < 4.78 is 10.4. The van der Waals surface area contributed by atoms with E-state index in [0.29, 0.717) is 13.1 Å². The molecule has 1 aliphatic heterocycles. The number of nitrogens with zero attached hydrogens (tertiary/aromatic N) is 1. The van der Waals surface area contributed by atoms with E-state index in [4.69, 9.17) is 9.15 Å². The number of carbonyl (C=O) groups excluding carboxylic acids is 1. The van der Waals surface area contributed by atoms with Gasteiger partial charge in [-0.25, -0.2) is 9.78 Å². The molecule has 1 aromatic heterocycles. The largest absolute Gasteiger partial charge is 0.448 e. The zero-order valence-corrected chi connectivity index (χ0v) is 9.86. The quantitative estimate of drug-likeness (QED) is 0.820. The molecule has 6 heteroatoms. The van der Waals surface area contributed by atoms with Crippen molar-refractivity contribution in [3.63, 3.8) is 0 Å². The summed E-state index contributed by atoms with van der Waals surface area (Å²) >= 11 is 0. The van der Waals surface area contributed by atoms with Crippen molar-refractivity contribution in [3.8, 4) is 0 Å². The average Bonchev–Trinajstić information content (AvgIpc) is 2.95. The van der Waals surface area contributed by atoms with Gasteiger partial charge >= 0.3 is 6.03 Å². The van der Waals surface area contributed by atoms with E-state index >= 15 is 0 Å². The SMILES string of the molecule is Cc1ocnc1CNC(=O)NC[C@H]1CCCO1. The number of aromatic nitrogens is 1. The highest BCUT2D eigenvalue weighted by Crippen LogP contribution is 2.10. The minimum absolute atomic E-state index is 0.162.